The molecule has 0 aliphatic rings. The Kier molecular flexibility index (Phi) is 4.46. The van der Waals surface area contributed by atoms with Crippen LogP contribution in [0.25, 0.3) is 5.65 Å². The smallest absolute Gasteiger partial charge is 0.258 e. The van der Waals surface area contributed by atoms with E-state index in [0.717, 1.165) is 16.8 Å². The molecule has 6 heteroatoms. The minimum Gasteiger partial charge on any atom is -0.484 e. The number of carbonyl (C=O) groups excluding carboxylic acids is 1. The molecule has 2 heterocycles. The fourth-order valence-corrected chi connectivity index (χ4v) is 2.67. The molecule has 0 fully saturated rings. The summed E-state index contributed by atoms with van der Waals surface area (Å²) in [7, 11) is 0. The molecule has 0 bridgehead atoms. The molecule has 1 atom stereocenters. The van der Waals surface area contributed by atoms with Crippen LogP contribution >= 0.6 is 0 Å². The van der Waals surface area contributed by atoms with Crippen LogP contribution in [0.5, 0.6) is 5.75 Å². The number of hydrogen-bond acceptors (Lipinski definition) is 4. The summed E-state index contributed by atoms with van der Waals surface area (Å²) in [6, 6.07) is 11.3. The molecule has 6 nitrogen and oxygen atoms in total. The maximum atomic E-state index is 12.1. The minimum atomic E-state index is -0.266. The number of ether oxygens (including phenoxy) is 1. The zero-order valence-corrected chi connectivity index (χ0v) is 14.0. The lowest BCUT2D eigenvalue weighted by atomic mass is 10.1. The number of benzene rings is 1. The Hall–Kier alpha value is -2.89. The number of aromatic nitrogens is 3. The maximum absolute atomic E-state index is 12.1. The van der Waals surface area contributed by atoms with E-state index in [-0.39, 0.29) is 18.6 Å². The molecule has 0 aliphatic carbocycles. The molecule has 2 aromatic heterocycles. The first-order chi connectivity index (χ1) is 11.5. The molecule has 0 radical (unpaired) electrons. The number of fused-ring (bicyclic) bond motifs is 1. The number of rotatable bonds is 5. The van der Waals surface area contributed by atoms with E-state index in [1.165, 1.54) is 0 Å². The van der Waals surface area contributed by atoms with Crippen molar-refractivity contribution in [2.24, 2.45) is 0 Å². The van der Waals surface area contributed by atoms with Crippen LogP contribution in [0, 0.1) is 13.8 Å². The molecule has 1 N–H and O–H groups in total. The average molecular weight is 324 g/mol. The van der Waals surface area contributed by atoms with Gasteiger partial charge in [-0.25, -0.2) is 0 Å². The van der Waals surface area contributed by atoms with Crippen molar-refractivity contribution in [3.63, 3.8) is 0 Å². The third-order valence-electron chi connectivity index (χ3n) is 3.67. The molecule has 3 aromatic rings. The Morgan fingerprint density at radius 1 is 1.21 bits per heavy atom. The van der Waals surface area contributed by atoms with E-state index in [9.17, 15) is 4.79 Å². The monoisotopic (exact) mass is 324 g/mol. The zero-order chi connectivity index (χ0) is 17.1. The van der Waals surface area contributed by atoms with Crippen molar-refractivity contribution in [3.05, 3.63) is 59.5 Å². The van der Waals surface area contributed by atoms with E-state index >= 15 is 0 Å². The summed E-state index contributed by atoms with van der Waals surface area (Å²) >= 11 is 0. The standard InChI is InChI=1S/C18H20N4O2/c1-12-8-13(2)10-15(9-12)24-11-17(23)19-14(3)18-21-20-16-6-4-5-7-22(16)18/h4-10,14H,11H2,1-3H3,(H,19,23)/t14-/m0/s1. The van der Waals surface area contributed by atoms with Crippen molar-refractivity contribution in [2.75, 3.05) is 6.61 Å². The number of aryl methyl sites for hydroxylation is 2. The first-order valence-electron chi connectivity index (χ1n) is 7.83. The lowest BCUT2D eigenvalue weighted by Gasteiger charge is -2.13. The van der Waals surface area contributed by atoms with Crippen LogP contribution in [0.2, 0.25) is 0 Å². The fourth-order valence-electron chi connectivity index (χ4n) is 2.67. The second-order valence-corrected chi connectivity index (χ2v) is 5.89. The van der Waals surface area contributed by atoms with E-state index in [4.69, 9.17) is 4.74 Å². The van der Waals surface area contributed by atoms with Crippen molar-refractivity contribution in [2.45, 2.75) is 26.8 Å². The molecule has 0 spiro atoms. The highest BCUT2D eigenvalue weighted by molar-refractivity contribution is 5.77. The highest BCUT2D eigenvalue weighted by Gasteiger charge is 2.15. The topological polar surface area (TPSA) is 68.5 Å². The predicted octanol–water partition coefficient (Wildman–Crippen LogP) is 2.60. The molecule has 3 rings (SSSR count). The van der Waals surface area contributed by atoms with E-state index in [1.54, 1.807) is 0 Å². The van der Waals surface area contributed by atoms with Crippen LogP contribution in [-0.2, 0) is 4.79 Å². The fraction of sp³-hybridized carbons (Fsp3) is 0.278. The summed E-state index contributed by atoms with van der Waals surface area (Å²) < 4.78 is 7.44. The van der Waals surface area contributed by atoms with Gasteiger partial charge in [-0.05, 0) is 56.2 Å². The highest BCUT2D eigenvalue weighted by atomic mass is 16.5. The Balaban J connectivity index is 1.62. The number of pyridine rings is 1. The van der Waals surface area contributed by atoms with Crippen LogP contribution in [-0.4, -0.2) is 27.1 Å². The van der Waals surface area contributed by atoms with Crippen molar-refractivity contribution < 1.29 is 9.53 Å². The zero-order valence-electron chi connectivity index (χ0n) is 14.0. The summed E-state index contributed by atoms with van der Waals surface area (Å²) in [4.78, 5) is 12.1. The summed E-state index contributed by atoms with van der Waals surface area (Å²) in [5, 5.41) is 11.1. The van der Waals surface area contributed by atoms with Gasteiger partial charge in [-0.1, -0.05) is 12.1 Å². The van der Waals surface area contributed by atoms with Crippen molar-refractivity contribution in [3.8, 4) is 5.75 Å². The molecular formula is C18H20N4O2. The van der Waals surface area contributed by atoms with Gasteiger partial charge in [0.2, 0.25) is 0 Å². The van der Waals surface area contributed by atoms with Gasteiger partial charge in [-0.15, -0.1) is 10.2 Å². The third kappa shape index (κ3) is 3.53. The van der Waals surface area contributed by atoms with Gasteiger partial charge in [0, 0.05) is 6.20 Å². The van der Waals surface area contributed by atoms with Crippen LogP contribution < -0.4 is 10.1 Å². The Morgan fingerprint density at radius 2 is 1.96 bits per heavy atom. The summed E-state index contributed by atoms with van der Waals surface area (Å²) in [5.41, 5.74) is 2.96. The Bertz CT molecular complexity index is 852. The van der Waals surface area contributed by atoms with Gasteiger partial charge in [-0.2, -0.15) is 0 Å². The molecule has 1 amide bonds. The van der Waals surface area contributed by atoms with Gasteiger partial charge in [0.15, 0.2) is 18.1 Å². The van der Waals surface area contributed by atoms with Crippen molar-refractivity contribution in [1.29, 1.82) is 0 Å². The first kappa shape index (κ1) is 16.0. The minimum absolute atomic E-state index is 0.0377. The van der Waals surface area contributed by atoms with Crippen LogP contribution in [0.4, 0.5) is 0 Å². The Morgan fingerprint density at radius 3 is 2.71 bits per heavy atom. The van der Waals surface area contributed by atoms with Gasteiger partial charge in [0.05, 0.1) is 6.04 Å². The summed E-state index contributed by atoms with van der Waals surface area (Å²) in [5.74, 6) is 1.18. The number of carbonyl (C=O) groups is 1. The largest absolute Gasteiger partial charge is 0.484 e. The molecular weight excluding hydrogens is 304 g/mol. The lowest BCUT2D eigenvalue weighted by Crippen LogP contribution is -2.32. The predicted molar refractivity (Wildman–Crippen MR) is 91.0 cm³/mol. The quantitative estimate of drug-likeness (QED) is 0.783. The SMILES string of the molecule is Cc1cc(C)cc(OCC(=O)N[C@@H](C)c2nnc3ccccn23)c1. The number of amides is 1. The van der Waals surface area contributed by atoms with Crippen LogP contribution in [0.1, 0.15) is 29.9 Å². The molecule has 0 saturated heterocycles. The van der Waals surface area contributed by atoms with E-state index < -0.39 is 0 Å². The maximum Gasteiger partial charge on any atom is 0.258 e. The molecule has 24 heavy (non-hydrogen) atoms. The van der Waals surface area contributed by atoms with Crippen LogP contribution in [0.3, 0.4) is 0 Å². The molecule has 0 unspecified atom stereocenters. The highest BCUT2D eigenvalue weighted by Crippen LogP contribution is 2.16. The van der Waals surface area contributed by atoms with Crippen molar-refractivity contribution in [1.82, 2.24) is 19.9 Å². The second kappa shape index (κ2) is 6.70. The molecule has 0 saturated carbocycles. The van der Waals surface area contributed by atoms with Gasteiger partial charge < -0.3 is 10.1 Å². The van der Waals surface area contributed by atoms with E-state index in [1.807, 2.05) is 61.7 Å². The molecule has 124 valence electrons. The summed E-state index contributed by atoms with van der Waals surface area (Å²) in [6.07, 6.45) is 1.87. The number of nitrogens with zero attached hydrogens (tertiary/aromatic N) is 3. The van der Waals surface area contributed by atoms with Gasteiger partial charge in [-0.3, -0.25) is 9.20 Å². The molecule has 1 aromatic carbocycles. The lowest BCUT2D eigenvalue weighted by molar-refractivity contribution is -0.123. The van der Waals surface area contributed by atoms with Gasteiger partial charge in [0.1, 0.15) is 5.75 Å². The second-order valence-electron chi connectivity index (χ2n) is 5.89. The van der Waals surface area contributed by atoms with Gasteiger partial charge in [0.25, 0.3) is 5.91 Å². The van der Waals surface area contributed by atoms with E-state index in [2.05, 4.69) is 21.6 Å². The third-order valence-corrected chi connectivity index (χ3v) is 3.67. The normalized spacial score (nSPS) is 12.1. The van der Waals surface area contributed by atoms with Crippen LogP contribution in [0.15, 0.2) is 42.6 Å². The summed E-state index contributed by atoms with van der Waals surface area (Å²) in [6.45, 7) is 5.83. The first-order valence-corrected chi connectivity index (χ1v) is 7.83. The Labute approximate surface area is 140 Å². The van der Waals surface area contributed by atoms with Crippen molar-refractivity contribution >= 4 is 11.6 Å². The average Bonchev–Trinajstić information content (AvgIpc) is 2.96. The van der Waals surface area contributed by atoms with E-state index in [0.29, 0.717) is 11.6 Å². The number of nitrogens with one attached hydrogen (secondary N) is 1. The molecule has 0 aliphatic heterocycles. The number of hydrogen-bond donors (Lipinski definition) is 1. The van der Waals surface area contributed by atoms with Gasteiger partial charge >= 0.3 is 0 Å².